The van der Waals surface area contributed by atoms with Crippen molar-refractivity contribution in [3.05, 3.63) is 52.3 Å². The number of nitrogens with zero attached hydrogens (tertiary/aromatic N) is 1. The minimum atomic E-state index is -0.249. The molecule has 2 amide bonds. The molecule has 0 spiro atoms. The summed E-state index contributed by atoms with van der Waals surface area (Å²) in [4.78, 5) is 28.9. The Hall–Kier alpha value is -2.51. The Balaban J connectivity index is 1.73. The molecule has 2 aromatic heterocycles. The first-order valence-corrected chi connectivity index (χ1v) is 8.98. The summed E-state index contributed by atoms with van der Waals surface area (Å²) in [5.74, 6) is -0.376. The van der Waals surface area contributed by atoms with Crippen molar-refractivity contribution in [1.29, 1.82) is 0 Å². The Labute approximate surface area is 147 Å². The van der Waals surface area contributed by atoms with Crippen LogP contribution in [0.5, 0.6) is 0 Å². The van der Waals surface area contributed by atoms with E-state index >= 15 is 0 Å². The van der Waals surface area contributed by atoms with Gasteiger partial charge in [-0.1, -0.05) is 6.07 Å². The molecular formula is C17H15N3O2S2. The van der Waals surface area contributed by atoms with Crippen molar-refractivity contribution in [2.75, 3.05) is 10.6 Å². The van der Waals surface area contributed by atoms with Crippen LogP contribution in [0, 0.1) is 6.92 Å². The lowest BCUT2D eigenvalue weighted by molar-refractivity contribution is -0.114. The predicted molar refractivity (Wildman–Crippen MR) is 98.9 cm³/mol. The zero-order chi connectivity index (χ0) is 17.1. The molecule has 0 fully saturated rings. The van der Waals surface area contributed by atoms with Gasteiger partial charge in [-0.15, -0.1) is 22.7 Å². The maximum atomic E-state index is 12.3. The number of thiophene rings is 1. The first-order chi connectivity index (χ1) is 11.5. The van der Waals surface area contributed by atoms with Gasteiger partial charge in [-0.25, -0.2) is 4.98 Å². The van der Waals surface area contributed by atoms with E-state index in [1.807, 2.05) is 30.5 Å². The fraction of sp³-hybridized carbons (Fsp3) is 0.118. The smallest absolute Gasteiger partial charge is 0.275 e. The summed E-state index contributed by atoms with van der Waals surface area (Å²) in [7, 11) is 0. The molecule has 122 valence electrons. The molecule has 0 saturated carbocycles. The Morgan fingerprint density at radius 1 is 1.12 bits per heavy atom. The van der Waals surface area contributed by atoms with Crippen LogP contribution in [0.3, 0.4) is 0 Å². The van der Waals surface area contributed by atoms with E-state index in [-0.39, 0.29) is 11.8 Å². The van der Waals surface area contributed by atoms with Crippen molar-refractivity contribution in [1.82, 2.24) is 4.98 Å². The molecule has 0 aliphatic carbocycles. The van der Waals surface area contributed by atoms with Crippen molar-refractivity contribution in [3.8, 4) is 9.88 Å². The summed E-state index contributed by atoms with van der Waals surface area (Å²) in [5.41, 5.74) is 2.67. The van der Waals surface area contributed by atoms with Crippen LogP contribution < -0.4 is 10.6 Å². The van der Waals surface area contributed by atoms with Gasteiger partial charge in [-0.3, -0.25) is 9.59 Å². The second kappa shape index (κ2) is 6.94. The van der Waals surface area contributed by atoms with E-state index in [4.69, 9.17) is 0 Å². The molecule has 2 heterocycles. The van der Waals surface area contributed by atoms with Gasteiger partial charge in [0.25, 0.3) is 5.91 Å². The zero-order valence-corrected chi connectivity index (χ0v) is 14.8. The Morgan fingerprint density at radius 2 is 1.96 bits per heavy atom. The molecule has 5 nitrogen and oxygen atoms in total. The minimum Gasteiger partial charge on any atom is -0.326 e. The average Bonchev–Trinajstić information content (AvgIpc) is 3.19. The number of aryl methyl sites for hydroxylation is 1. The van der Waals surface area contributed by atoms with Gasteiger partial charge >= 0.3 is 0 Å². The van der Waals surface area contributed by atoms with Gasteiger partial charge in [0, 0.05) is 23.7 Å². The number of hydrogen-bond acceptors (Lipinski definition) is 5. The quantitative estimate of drug-likeness (QED) is 0.727. The number of amides is 2. The van der Waals surface area contributed by atoms with E-state index < -0.39 is 0 Å². The molecule has 1 aromatic carbocycles. The van der Waals surface area contributed by atoms with Crippen LogP contribution in [0.1, 0.15) is 23.0 Å². The van der Waals surface area contributed by atoms with Gasteiger partial charge in [0.2, 0.25) is 5.91 Å². The summed E-state index contributed by atoms with van der Waals surface area (Å²) in [6.45, 7) is 3.33. The minimum absolute atomic E-state index is 0.126. The molecule has 0 saturated heterocycles. The van der Waals surface area contributed by atoms with Crippen molar-refractivity contribution >= 4 is 45.9 Å². The van der Waals surface area contributed by atoms with E-state index in [1.54, 1.807) is 28.8 Å². The molecule has 0 aliphatic heterocycles. The number of aromatic nitrogens is 1. The summed E-state index contributed by atoms with van der Waals surface area (Å²) in [5, 5.41) is 10.2. The number of thiazole rings is 1. The maximum Gasteiger partial charge on any atom is 0.275 e. The molecule has 2 N–H and O–H groups in total. The molecule has 0 aliphatic rings. The first-order valence-electron chi connectivity index (χ1n) is 7.22. The standard InChI is InChI=1S/C17H15N3O2S2/c1-10-8-12(5-6-13(10)18-11(2)21)19-16(22)14-9-24-17(20-14)15-4-3-7-23-15/h3-9H,1-2H3,(H,18,21)(H,19,22). The topological polar surface area (TPSA) is 71.1 Å². The third kappa shape index (κ3) is 3.69. The lowest BCUT2D eigenvalue weighted by Gasteiger charge is -2.09. The number of carbonyl (C=O) groups is 2. The molecular weight excluding hydrogens is 342 g/mol. The SMILES string of the molecule is CC(=O)Nc1ccc(NC(=O)c2csc(-c3cccs3)n2)cc1C. The van der Waals surface area contributed by atoms with Crippen LogP contribution >= 0.6 is 22.7 Å². The van der Waals surface area contributed by atoms with Crippen LogP contribution in [-0.4, -0.2) is 16.8 Å². The van der Waals surface area contributed by atoms with E-state index in [9.17, 15) is 9.59 Å². The summed E-state index contributed by atoms with van der Waals surface area (Å²) in [6, 6.07) is 9.28. The molecule has 7 heteroatoms. The second-order valence-corrected chi connectivity index (χ2v) is 6.99. The van der Waals surface area contributed by atoms with Crippen LogP contribution in [0.25, 0.3) is 9.88 Å². The predicted octanol–water partition coefficient (Wildman–Crippen LogP) is 4.39. The lowest BCUT2D eigenvalue weighted by atomic mass is 10.1. The monoisotopic (exact) mass is 357 g/mol. The highest BCUT2D eigenvalue weighted by Gasteiger charge is 2.13. The van der Waals surface area contributed by atoms with Gasteiger partial charge in [-0.05, 0) is 42.1 Å². The summed E-state index contributed by atoms with van der Waals surface area (Å²) in [6.07, 6.45) is 0. The second-order valence-electron chi connectivity index (χ2n) is 5.18. The van der Waals surface area contributed by atoms with Crippen LogP contribution in [0.2, 0.25) is 0 Å². The van der Waals surface area contributed by atoms with Gasteiger partial charge in [0.1, 0.15) is 10.7 Å². The van der Waals surface area contributed by atoms with Crippen molar-refractivity contribution in [2.24, 2.45) is 0 Å². The molecule has 3 rings (SSSR count). The normalized spacial score (nSPS) is 10.4. The number of carbonyl (C=O) groups excluding carboxylic acids is 2. The molecule has 0 bridgehead atoms. The van der Waals surface area contributed by atoms with Gasteiger partial charge in [0.15, 0.2) is 0 Å². The number of rotatable bonds is 4. The number of hydrogen-bond donors (Lipinski definition) is 2. The maximum absolute atomic E-state index is 12.3. The Kier molecular flexibility index (Phi) is 4.73. The Bertz CT molecular complexity index is 885. The highest BCUT2D eigenvalue weighted by atomic mass is 32.1. The van der Waals surface area contributed by atoms with Gasteiger partial charge < -0.3 is 10.6 Å². The number of benzene rings is 1. The van der Waals surface area contributed by atoms with E-state index in [0.717, 1.165) is 21.1 Å². The van der Waals surface area contributed by atoms with E-state index in [0.29, 0.717) is 11.4 Å². The van der Waals surface area contributed by atoms with Crippen LogP contribution in [0.4, 0.5) is 11.4 Å². The van der Waals surface area contributed by atoms with Gasteiger partial charge in [0.05, 0.1) is 4.88 Å². The Morgan fingerprint density at radius 3 is 2.62 bits per heavy atom. The summed E-state index contributed by atoms with van der Waals surface area (Å²) < 4.78 is 0. The fourth-order valence-corrected chi connectivity index (χ4v) is 3.77. The molecule has 24 heavy (non-hydrogen) atoms. The first kappa shape index (κ1) is 16.4. The highest BCUT2D eigenvalue weighted by molar-refractivity contribution is 7.20. The third-order valence-corrected chi connectivity index (χ3v) is 5.15. The molecule has 0 unspecified atom stereocenters. The van der Waals surface area contributed by atoms with E-state index in [1.165, 1.54) is 18.3 Å². The van der Waals surface area contributed by atoms with Crippen LogP contribution in [-0.2, 0) is 4.79 Å². The molecule has 3 aromatic rings. The van der Waals surface area contributed by atoms with E-state index in [2.05, 4.69) is 15.6 Å². The zero-order valence-electron chi connectivity index (χ0n) is 13.1. The number of anilines is 2. The third-order valence-electron chi connectivity index (χ3n) is 3.26. The lowest BCUT2D eigenvalue weighted by Crippen LogP contribution is -2.13. The van der Waals surface area contributed by atoms with Crippen LogP contribution in [0.15, 0.2) is 41.1 Å². The van der Waals surface area contributed by atoms with Gasteiger partial charge in [-0.2, -0.15) is 0 Å². The average molecular weight is 357 g/mol. The van der Waals surface area contributed by atoms with Crippen molar-refractivity contribution in [2.45, 2.75) is 13.8 Å². The molecule has 0 atom stereocenters. The molecule has 0 radical (unpaired) electrons. The number of nitrogens with one attached hydrogen (secondary N) is 2. The van der Waals surface area contributed by atoms with Crippen molar-refractivity contribution < 1.29 is 9.59 Å². The fourth-order valence-electron chi connectivity index (χ4n) is 2.16. The van der Waals surface area contributed by atoms with Crippen molar-refractivity contribution in [3.63, 3.8) is 0 Å². The summed E-state index contributed by atoms with van der Waals surface area (Å²) >= 11 is 3.04. The largest absolute Gasteiger partial charge is 0.326 e. The highest BCUT2D eigenvalue weighted by Crippen LogP contribution is 2.28.